The van der Waals surface area contributed by atoms with Crippen LogP contribution in [-0.2, 0) is 4.74 Å². The van der Waals surface area contributed by atoms with E-state index < -0.39 is 0 Å². The molecular formula is C9H12IN3O2. The van der Waals surface area contributed by atoms with Crippen molar-refractivity contribution in [1.29, 1.82) is 0 Å². The quantitative estimate of drug-likeness (QED) is 0.650. The Labute approximate surface area is 101 Å². The first-order valence-electron chi connectivity index (χ1n) is 4.77. The standard InChI is InChI=1S/C9H12IN3O2/c10-5-6-1-2-8(15-6)13-4-3-7(11)12-9(13)14/h3-4,6,8H,1-2,5H2,(H2,11,12,14)/t6-,8+/m0/s1. The van der Waals surface area contributed by atoms with Crippen LogP contribution in [-0.4, -0.2) is 20.1 Å². The molecule has 82 valence electrons. The molecule has 5 nitrogen and oxygen atoms in total. The number of rotatable bonds is 2. The molecule has 0 bridgehead atoms. The van der Waals surface area contributed by atoms with Gasteiger partial charge >= 0.3 is 5.69 Å². The Morgan fingerprint density at radius 2 is 2.47 bits per heavy atom. The van der Waals surface area contributed by atoms with E-state index in [0.29, 0.717) is 0 Å². The van der Waals surface area contributed by atoms with Crippen LogP contribution in [0.15, 0.2) is 17.1 Å². The van der Waals surface area contributed by atoms with Gasteiger partial charge < -0.3 is 10.5 Å². The molecular weight excluding hydrogens is 309 g/mol. The second kappa shape index (κ2) is 4.48. The number of nitrogen functional groups attached to an aromatic ring is 1. The second-order valence-electron chi connectivity index (χ2n) is 3.49. The van der Waals surface area contributed by atoms with Gasteiger partial charge in [-0.2, -0.15) is 4.98 Å². The lowest BCUT2D eigenvalue weighted by molar-refractivity contribution is 0.0114. The van der Waals surface area contributed by atoms with Gasteiger partial charge in [-0.1, -0.05) is 22.6 Å². The molecule has 1 aliphatic rings. The van der Waals surface area contributed by atoms with Crippen LogP contribution in [0.5, 0.6) is 0 Å². The lowest BCUT2D eigenvalue weighted by Crippen LogP contribution is -2.27. The van der Waals surface area contributed by atoms with Gasteiger partial charge in [0.05, 0.1) is 6.10 Å². The number of ether oxygens (including phenoxy) is 1. The van der Waals surface area contributed by atoms with Gasteiger partial charge in [0.1, 0.15) is 12.0 Å². The van der Waals surface area contributed by atoms with Gasteiger partial charge in [0.25, 0.3) is 0 Å². The van der Waals surface area contributed by atoms with E-state index in [4.69, 9.17) is 10.5 Å². The summed E-state index contributed by atoms with van der Waals surface area (Å²) in [4.78, 5) is 15.2. The number of hydrogen-bond donors (Lipinski definition) is 1. The molecule has 1 fully saturated rings. The third-order valence-electron chi connectivity index (χ3n) is 2.42. The average Bonchev–Trinajstić information content (AvgIpc) is 2.66. The van der Waals surface area contributed by atoms with Gasteiger partial charge in [-0.3, -0.25) is 4.57 Å². The van der Waals surface area contributed by atoms with Gasteiger partial charge in [-0.25, -0.2) is 4.79 Å². The third-order valence-corrected chi connectivity index (χ3v) is 3.40. The number of alkyl halides is 1. The highest BCUT2D eigenvalue weighted by Crippen LogP contribution is 2.27. The third kappa shape index (κ3) is 2.31. The smallest absolute Gasteiger partial charge is 0.351 e. The van der Waals surface area contributed by atoms with Crippen LogP contribution < -0.4 is 11.4 Å². The number of aromatic nitrogens is 2. The van der Waals surface area contributed by atoms with Crippen molar-refractivity contribution in [3.63, 3.8) is 0 Å². The summed E-state index contributed by atoms with van der Waals surface area (Å²) >= 11 is 2.28. The summed E-state index contributed by atoms with van der Waals surface area (Å²) in [7, 11) is 0. The fourth-order valence-corrected chi connectivity index (χ4v) is 2.30. The molecule has 0 amide bonds. The summed E-state index contributed by atoms with van der Waals surface area (Å²) < 4.78 is 8.14. The van der Waals surface area contributed by atoms with Crippen LogP contribution in [0.1, 0.15) is 19.1 Å². The highest BCUT2D eigenvalue weighted by Gasteiger charge is 2.26. The predicted molar refractivity (Wildman–Crippen MR) is 64.9 cm³/mol. The Kier molecular flexibility index (Phi) is 3.25. The zero-order chi connectivity index (χ0) is 10.8. The summed E-state index contributed by atoms with van der Waals surface area (Å²) in [5.41, 5.74) is 5.07. The second-order valence-corrected chi connectivity index (χ2v) is 4.37. The maximum absolute atomic E-state index is 11.5. The lowest BCUT2D eigenvalue weighted by atomic mass is 10.2. The van der Waals surface area contributed by atoms with E-state index in [9.17, 15) is 4.79 Å². The zero-order valence-corrected chi connectivity index (χ0v) is 10.3. The Hall–Kier alpha value is -0.630. The van der Waals surface area contributed by atoms with Crippen molar-refractivity contribution in [3.05, 3.63) is 22.7 Å². The lowest BCUT2D eigenvalue weighted by Gasteiger charge is -2.14. The molecule has 1 aromatic heterocycles. The van der Waals surface area contributed by atoms with Crippen LogP contribution >= 0.6 is 22.6 Å². The van der Waals surface area contributed by atoms with Crippen LogP contribution in [0, 0.1) is 0 Å². The molecule has 1 saturated heterocycles. The minimum absolute atomic E-state index is 0.176. The summed E-state index contributed by atoms with van der Waals surface area (Å²) in [6.07, 6.45) is 3.57. The van der Waals surface area contributed by atoms with E-state index in [-0.39, 0.29) is 23.8 Å². The van der Waals surface area contributed by atoms with Gasteiger partial charge in [0, 0.05) is 10.6 Å². The molecule has 1 aliphatic heterocycles. The fourth-order valence-electron chi connectivity index (χ4n) is 1.65. The van der Waals surface area contributed by atoms with E-state index in [2.05, 4.69) is 27.6 Å². The van der Waals surface area contributed by atoms with Crippen LogP contribution in [0.4, 0.5) is 5.82 Å². The van der Waals surface area contributed by atoms with Crippen molar-refractivity contribution in [2.75, 3.05) is 10.2 Å². The molecule has 6 heteroatoms. The summed E-state index contributed by atoms with van der Waals surface area (Å²) in [6, 6.07) is 1.61. The molecule has 2 heterocycles. The van der Waals surface area contributed by atoms with Gasteiger partial charge in [0.2, 0.25) is 0 Å². The molecule has 0 radical (unpaired) electrons. The molecule has 0 unspecified atom stereocenters. The fraction of sp³-hybridized carbons (Fsp3) is 0.556. The molecule has 2 atom stereocenters. The van der Waals surface area contributed by atoms with Gasteiger partial charge in [0.15, 0.2) is 0 Å². The van der Waals surface area contributed by atoms with E-state index >= 15 is 0 Å². The Bertz CT molecular complexity index is 407. The Balaban J connectivity index is 2.20. The van der Waals surface area contributed by atoms with E-state index in [1.165, 1.54) is 4.57 Å². The van der Waals surface area contributed by atoms with Crippen LogP contribution in [0.3, 0.4) is 0 Å². The maximum atomic E-state index is 11.5. The summed E-state index contributed by atoms with van der Waals surface area (Å²) in [5, 5.41) is 0. The Morgan fingerprint density at radius 3 is 3.07 bits per heavy atom. The number of hydrogen-bond acceptors (Lipinski definition) is 4. The predicted octanol–water partition coefficient (Wildman–Crippen LogP) is 0.938. The largest absolute Gasteiger partial charge is 0.383 e. The minimum Gasteiger partial charge on any atom is -0.383 e. The molecule has 0 aromatic carbocycles. The SMILES string of the molecule is Nc1ccn([C@H]2CC[C@@H](CI)O2)c(=O)n1. The normalized spacial score (nSPS) is 25.7. The number of nitrogens with two attached hydrogens (primary N) is 1. The first-order valence-corrected chi connectivity index (χ1v) is 6.29. The van der Waals surface area contributed by atoms with Crippen LogP contribution in [0.25, 0.3) is 0 Å². The molecule has 2 rings (SSSR count). The Morgan fingerprint density at radius 1 is 1.67 bits per heavy atom. The van der Waals surface area contributed by atoms with Gasteiger partial charge in [-0.05, 0) is 18.9 Å². The molecule has 0 saturated carbocycles. The van der Waals surface area contributed by atoms with E-state index in [0.717, 1.165) is 17.3 Å². The first-order chi connectivity index (χ1) is 7.20. The number of nitrogens with zero attached hydrogens (tertiary/aromatic N) is 2. The van der Waals surface area contributed by atoms with Crippen molar-refractivity contribution in [2.24, 2.45) is 0 Å². The van der Waals surface area contributed by atoms with E-state index in [1.54, 1.807) is 12.3 Å². The monoisotopic (exact) mass is 321 g/mol. The van der Waals surface area contributed by atoms with Crippen molar-refractivity contribution in [3.8, 4) is 0 Å². The zero-order valence-electron chi connectivity index (χ0n) is 8.10. The molecule has 2 N–H and O–H groups in total. The van der Waals surface area contributed by atoms with E-state index in [1.807, 2.05) is 0 Å². The highest BCUT2D eigenvalue weighted by atomic mass is 127. The maximum Gasteiger partial charge on any atom is 0.351 e. The first kappa shape index (κ1) is 10.9. The van der Waals surface area contributed by atoms with Crippen molar-refractivity contribution in [2.45, 2.75) is 25.2 Å². The number of halogens is 1. The summed E-state index contributed by atoms with van der Waals surface area (Å²) in [5.74, 6) is 0.250. The molecule has 1 aromatic rings. The number of anilines is 1. The molecule has 0 spiro atoms. The van der Waals surface area contributed by atoms with Gasteiger partial charge in [-0.15, -0.1) is 0 Å². The highest BCUT2D eigenvalue weighted by molar-refractivity contribution is 14.1. The van der Waals surface area contributed by atoms with Crippen molar-refractivity contribution < 1.29 is 4.74 Å². The molecule has 0 aliphatic carbocycles. The average molecular weight is 321 g/mol. The van der Waals surface area contributed by atoms with Crippen LogP contribution in [0.2, 0.25) is 0 Å². The summed E-state index contributed by atoms with van der Waals surface area (Å²) in [6.45, 7) is 0. The topological polar surface area (TPSA) is 70.1 Å². The molecule has 15 heavy (non-hydrogen) atoms. The minimum atomic E-state index is -0.339. The van der Waals surface area contributed by atoms with Crippen molar-refractivity contribution >= 4 is 28.4 Å². The van der Waals surface area contributed by atoms with Crippen molar-refractivity contribution in [1.82, 2.24) is 9.55 Å².